The molecule has 0 aromatic carbocycles. The second kappa shape index (κ2) is 4.34. The molecule has 0 unspecified atom stereocenters. The SMILES string of the molecule is C/C=[N+](\[O-])CC1CCOCC1. The van der Waals surface area contributed by atoms with Gasteiger partial charge in [-0.25, -0.2) is 4.74 Å². The molecule has 64 valence electrons. The van der Waals surface area contributed by atoms with Crippen LogP contribution >= 0.6 is 0 Å². The average molecular weight is 157 g/mol. The third-order valence-electron chi connectivity index (χ3n) is 2.07. The molecule has 1 fully saturated rings. The van der Waals surface area contributed by atoms with Crippen LogP contribution < -0.4 is 0 Å². The summed E-state index contributed by atoms with van der Waals surface area (Å²) in [5, 5.41) is 10.9. The summed E-state index contributed by atoms with van der Waals surface area (Å²) in [5.74, 6) is 0.539. The van der Waals surface area contributed by atoms with Gasteiger partial charge in [0.1, 0.15) is 6.21 Å². The molecule has 0 spiro atoms. The molecule has 3 nitrogen and oxygen atoms in total. The minimum absolute atomic E-state index is 0.539. The lowest BCUT2D eigenvalue weighted by Crippen LogP contribution is -2.23. The fraction of sp³-hybridized carbons (Fsp3) is 0.875. The van der Waals surface area contributed by atoms with Gasteiger partial charge in [0.2, 0.25) is 0 Å². The molecule has 1 rings (SSSR count). The summed E-state index contributed by atoms with van der Waals surface area (Å²) in [5.41, 5.74) is 0. The average Bonchev–Trinajstić information content (AvgIpc) is 2.06. The lowest BCUT2D eigenvalue weighted by molar-refractivity contribution is -0.463. The molecule has 0 radical (unpaired) electrons. The predicted octanol–water partition coefficient (Wildman–Crippen LogP) is 1.01. The van der Waals surface area contributed by atoms with E-state index >= 15 is 0 Å². The second-order valence-electron chi connectivity index (χ2n) is 2.91. The van der Waals surface area contributed by atoms with Crippen molar-refractivity contribution in [3.8, 4) is 0 Å². The highest BCUT2D eigenvalue weighted by Crippen LogP contribution is 2.13. The van der Waals surface area contributed by atoms with E-state index in [1.807, 2.05) is 0 Å². The van der Waals surface area contributed by atoms with Gasteiger partial charge in [0.25, 0.3) is 0 Å². The highest BCUT2D eigenvalue weighted by atomic mass is 16.5. The number of rotatable bonds is 2. The van der Waals surface area contributed by atoms with Gasteiger partial charge in [0.05, 0.1) is 0 Å². The molecular formula is C8H15NO2. The van der Waals surface area contributed by atoms with Gasteiger partial charge in [-0.3, -0.25) is 0 Å². The molecular weight excluding hydrogens is 142 g/mol. The Morgan fingerprint density at radius 1 is 1.55 bits per heavy atom. The second-order valence-corrected chi connectivity index (χ2v) is 2.91. The molecule has 3 heteroatoms. The van der Waals surface area contributed by atoms with Crippen molar-refractivity contribution in [3.05, 3.63) is 5.21 Å². The topological polar surface area (TPSA) is 35.3 Å². The molecule has 0 atom stereocenters. The molecule has 1 heterocycles. The predicted molar refractivity (Wildman–Crippen MR) is 43.8 cm³/mol. The number of hydrogen-bond donors (Lipinski definition) is 0. The molecule has 0 amide bonds. The van der Waals surface area contributed by atoms with Crippen LogP contribution in [0, 0.1) is 11.1 Å². The Morgan fingerprint density at radius 3 is 2.73 bits per heavy atom. The minimum Gasteiger partial charge on any atom is -0.624 e. The molecule has 0 N–H and O–H groups in total. The van der Waals surface area contributed by atoms with Crippen LogP contribution in [0.4, 0.5) is 0 Å². The molecule has 0 bridgehead atoms. The zero-order valence-electron chi connectivity index (χ0n) is 6.95. The fourth-order valence-corrected chi connectivity index (χ4v) is 1.29. The molecule has 11 heavy (non-hydrogen) atoms. The minimum atomic E-state index is 0.539. The van der Waals surface area contributed by atoms with Gasteiger partial charge in [-0.05, 0) is 12.8 Å². The van der Waals surface area contributed by atoms with Gasteiger partial charge in [-0.15, -0.1) is 0 Å². The van der Waals surface area contributed by atoms with Crippen LogP contribution in [-0.4, -0.2) is 30.7 Å². The van der Waals surface area contributed by atoms with Gasteiger partial charge in [0.15, 0.2) is 6.54 Å². The van der Waals surface area contributed by atoms with Crippen molar-refractivity contribution in [2.45, 2.75) is 19.8 Å². The van der Waals surface area contributed by atoms with E-state index in [4.69, 9.17) is 4.74 Å². The lowest BCUT2D eigenvalue weighted by atomic mass is 10.0. The van der Waals surface area contributed by atoms with E-state index in [9.17, 15) is 5.21 Å². The van der Waals surface area contributed by atoms with Crippen molar-refractivity contribution < 1.29 is 9.48 Å². The first kappa shape index (κ1) is 8.53. The molecule has 0 aromatic rings. The van der Waals surface area contributed by atoms with E-state index in [0.717, 1.165) is 30.8 Å². The van der Waals surface area contributed by atoms with E-state index in [2.05, 4.69) is 0 Å². The summed E-state index contributed by atoms with van der Waals surface area (Å²) < 4.78 is 6.19. The van der Waals surface area contributed by atoms with Crippen molar-refractivity contribution >= 4 is 6.21 Å². The Hall–Kier alpha value is -0.570. The van der Waals surface area contributed by atoms with Gasteiger partial charge in [-0.2, -0.15) is 0 Å². The molecule has 1 aliphatic heterocycles. The first-order valence-electron chi connectivity index (χ1n) is 4.14. The van der Waals surface area contributed by atoms with Crippen LogP contribution in [0.3, 0.4) is 0 Å². The third-order valence-corrected chi connectivity index (χ3v) is 2.07. The van der Waals surface area contributed by atoms with E-state index in [0.29, 0.717) is 12.5 Å². The summed E-state index contributed by atoms with van der Waals surface area (Å²) in [4.78, 5) is 0. The molecule has 0 aliphatic carbocycles. The first-order chi connectivity index (χ1) is 5.33. The van der Waals surface area contributed by atoms with Crippen molar-refractivity contribution in [1.29, 1.82) is 0 Å². The summed E-state index contributed by atoms with van der Waals surface area (Å²) >= 11 is 0. The summed E-state index contributed by atoms with van der Waals surface area (Å²) in [6.45, 7) is 4.05. The van der Waals surface area contributed by atoms with Crippen LogP contribution in [0.25, 0.3) is 0 Å². The molecule has 0 saturated carbocycles. The van der Waals surface area contributed by atoms with E-state index in [1.165, 1.54) is 0 Å². The van der Waals surface area contributed by atoms with Crippen molar-refractivity contribution in [3.63, 3.8) is 0 Å². The number of hydrogen-bond acceptors (Lipinski definition) is 2. The molecule has 0 aromatic heterocycles. The van der Waals surface area contributed by atoms with E-state index in [1.54, 1.807) is 13.1 Å². The quantitative estimate of drug-likeness (QED) is 0.259. The van der Waals surface area contributed by atoms with Crippen LogP contribution in [0.2, 0.25) is 0 Å². The number of nitrogens with zero attached hydrogens (tertiary/aromatic N) is 1. The normalized spacial score (nSPS) is 22.1. The van der Waals surface area contributed by atoms with Crippen molar-refractivity contribution in [2.75, 3.05) is 19.8 Å². The highest BCUT2D eigenvalue weighted by molar-refractivity contribution is 5.46. The summed E-state index contributed by atoms with van der Waals surface area (Å²) in [6.07, 6.45) is 3.65. The van der Waals surface area contributed by atoms with Crippen LogP contribution in [0.1, 0.15) is 19.8 Å². The Labute approximate surface area is 67.3 Å². The van der Waals surface area contributed by atoms with Gasteiger partial charge < -0.3 is 9.94 Å². The Kier molecular flexibility index (Phi) is 3.36. The summed E-state index contributed by atoms with van der Waals surface area (Å²) in [6, 6.07) is 0. The third kappa shape index (κ3) is 2.89. The molecule has 1 saturated heterocycles. The fourth-order valence-electron chi connectivity index (χ4n) is 1.29. The zero-order chi connectivity index (χ0) is 8.10. The molecule has 1 aliphatic rings. The maximum atomic E-state index is 10.9. The van der Waals surface area contributed by atoms with E-state index in [-0.39, 0.29) is 0 Å². The van der Waals surface area contributed by atoms with Gasteiger partial charge in [-0.1, -0.05) is 0 Å². The largest absolute Gasteiger partial charge is 0.624 e. The van der Waals surface area contributed by atoms with E-state index < -0.39 is 0 Å². The standard InChI is InChI=1S/C8H15NO2/c1-2-9(10)7-8-3-5-11-6-4-8/h2,8H,3-7H2,1H3/b9-2-. The Bertz CT molecular complexity index is 139. The Balaban J connectivity index is 2.24. The van der Waals surface area contributed by atoms with Crippen LogP contribution in [0.5, 0.6) is 0 Å². The van der Waals surface area contributed by atoms with Crippen molar-refractivity contribution in [2.24, 2.45) is 5.92 Å². The smallest absolute Gasteiger partial charge is 0.156 e. The van der Waals surface area contributed by atoms with Crippen LogP contribution in [0.15, 0.2) is 0 Å². The lowest BCUT2D eigenvalue weighted by Gasteiger charge is -2.20. The van der Waals surface area contributed by atoms with Crippen molar-refractivity contribution in [1.82, 2.24) is 0 Å². The summed E-state index contributed by atoms with van der Waals surface area (Å²) in [7, 11) is 0. The maximum Gasteiger partial charge on any atom is 0.156 e. The monoisotopic (exact) mass is 157 g/mol. The highest BCUT2D eigenvalue weighted by Gasteiger charge is 2.16. The van der Waals surface area contributed by atoms with Gasteiger partial charge >= 0.3 is 0 Å². The zero-order valence-corrected chi connectivity index (χ0v) is 6.95. The maximum absolute atomic E-state index is 10.9. The number of ether oxygens (including phenoxy) is 1. The van der Waals surface area contributed by atoms with Crippen LogP contribution in [-0.2, 0) is 4.74 Å². The number of hydroxylamine groups is 1. The van der Waals surface area contributed by atoms with Gasteiger partial charge in [0, 0.05) is 26.1 Å². The first-order valence-corrected chi connectivity index (χ1v) is 4.14. The Morgan fingerprint density at radius 2 is 2.18 bits per heavy atom.